The van der Waals surface area contributed by atoms with Gasteiger partial charge in [-0.1, -0.05) is 23.2 Å². The third kappa shape index (κ3) is 5.99. The van der Waals surface area contributed by atoms with Gasteiger partial charge in [0.2, 0.25) is 10.0 Å². The van der Waals surface area contributed by atoms with Crippen LogP contribution in [0, 0.1) is 5.92 Å². The van der Waals surface area contributed by atoms with Crippen LogP contribution < -0.4 is 20.7 Å². The number of halogens is 4. The van der Waals surface area contributed by atoms with E-state index in [4.69, 9.17) is 27.9 Å². The molecule has 11 nitrogen and oxygen atoms in total. The van der Waals surface area contributed by atoms with E-state index in [1.165, 1.54) is 6.07 Å². The van der Waals surface area contributed by atoms with Crippen LogP contribution in [-0.2, 0) is 10.0 Å². The van der Waals surface area contributed by atoms with E-state index in [1.807, 2.05) is 0 Å². The molecule has 1 aromatic heterocycles. The van der Waals surface area contributed by atoms with Crippen LogP contribution in [0.3, 0.4) is 0 Å². The van der Waals surface area contributed by atoms with Gasteiger partial charge >= 0.3 is 5.69 Å². The standard InChI is InChI=1S/C22H20Cl2F2N4O7S/c23-14-7-11(30-22(34)28-21(33)18(29-30)20(25)26)8-15(24)19(14)37-13-1-2-16(32)17(9-13)38(35,36)27-4-3-10-5-12(31)6-10/h1-2,7-10,12,20,27,31-32H,3-6H2,(H,28,33,34)/t10-,12+. The van der Waals surface area contributed by atoms with Crippen molar-refractivity contribution in [2.75, 3.05) is 6.54 Å². The minimum Gasteiger partial charge on any atom is -0.507 e. The molecule has 3 aromatic rings. The summed E-state index contributed by atoms with van der Waals surface area (Å²) in [5, 5.41) is 22.4. The highest BCUT2D eigenvalue weighted by atomic mass is 35.5. The third-order valence-electron chi connectivity index (χ3n) is 5.78. The van der Waals surface area contributed by atoms with Gasteiger partial charge in [0, 0.05) is 12.6 Å². The van der Waals surface area contributed by atoms with E-state index in [0.717, 1.165) is 24.3 Å². The number of nitrogens with zero attached hydrogens (tertiary/aromatic N) is 2. The largest absolute Gasteiger partial charge is 0.507 e. The highest BCUT2D eigenvalue weighted by Gasteiger charge is 2.28. The second kappa shape index (κ2) is 11.0. The Morgan fingerprint density at radius 1 is 1.18 bits per heavy atom. The van der Waals surface area contributed by atoms with Crippen molar-refractivity contribution in [3.8, 4) is 22.9 Å². The van der Waals surface area contributed by atoms with Crippen molar-refractivity contribution in [1.82, 2.24) is 19.5 Å². The lowest BCUT2D eigenvalue weighted by atomic mass is 9.80. The smallest absolute Gasteiger partial charge is 0.349 e. The molecule has 0 bridgehead atoms. The molecule has 38 heavy (non-hydrogen) atoms. The second-order valence-electron chi connectivity index (χ2n) is 8.50. The predicted molar refractivity (Wildman–Crippen MR) is 132 cm³/mol. The summed E-state index contributed by atoms with van der Waals surface area (Å²) in [7, 11) is -4.13. The van der Waals surface area contributed by atoms with E-state index in [-0.39, 0.29) is 45.8 Å². The molecule has 4 rings (SSSR count). The number of aromatic nitrogens is 3. The number of hydrogen-bond donors (Lipinski definition) is 4. The van der Waals surface area contributed by atoms with Gasteiger partial charge in [-0.3, -0.25) is 9.78 Å². The maximum Gasteiger partial charge on any atom is 0.349 e. The zero-order valence-corrected chi connectivity index (χ0v) is 21.5. The summed E-state index contributed by atoms with van der Waals surface area (Å²) in [6.07, 6.45) is -1.86. The lowest BCUT2D eigenvalue weighted by molar-refractivity contribution is 0.0400. The van der Waals surface area contributed by atoms with Crippen LogP contribution in [0.5, 0.6) is 17.2 Å². The fourth-order valence-electron chi connectivity index (χ4n) is 3.80. The Labute approximate surface area is 223 Å². The first-order chi connectivity index (χ1) is 17.9. The molecule has 0 unspecified atom stereocenters. The number of aliphatic hydroxyl groups excluding tert-OH is 1. The van der Waals surface area contributed by atoms with Crippen LogP contribution in [-0.4, -0.2) is 46.0 Å². The second-order valence-corrected chi connectivity index (χ2v) is 11.1. The lowest BCUT2D eigenvalue weighted by Gasteiger charge is -2.31. The summed E-state index contributed by atoms with van der Waals surface area (Å²) in [6, 6.07) is 5.63. The van der Waals surface area contributed by atoms with E-state index in [9.17, 15) is 37.0 Å². The van der Waals surface area contributed by atoms with Crippen LogP contribution in [0.1, 0.15) is 31.4 Å². The van der Waals surface area contributed by atoms with Crippen molar-refractivity contribution in [2.24, 2.45) is 5.92 Å². The first-order valence-electron chi connectivity index (χ1n) is 11.1. The van der Waals surface area contributed by atoms with Crippen molar-refractivity contribution in [1.29, 1.82) is 0 Å². The zero-order valence-electron chi connectivity index (χ0n) is 19.2. The van der Waals surface area contributed by atoms with E-state index < -0.39 is 44.0 Å². The zero-order chi connectivity index (χ0) is 27.8. The number of sulfonamides is 1. The maximum absolute atomic E-state index is 13.1. The first-order valence-corrected chi connectivity index (χ1v) is 13.3. The molecule has 1 heterocycles. The Morgan fingerprint density at radius 2 is 1.84 bits per heavy atom. The van der Waals surface area contributed by atoms with Crippen molar-refractivity contribution in [3.05, 3.63) is 66.9 Å². The molecule has 0 aliphatic heterocycles. The highest BCUT2D eigenvalue weighted by Crippen LogP contribution is 2.39. The van der Waals surface area contributed by atoms with E-state index in [0.29, 0.717) is 23.9 Å². The average molecular weight is 593 g/mol. The number of alkyl halides is 2. The molecule has 0 saturated heterocycles. The van der Waals surface area contributed by atoms with E-state index in [1.54, 1.807) is 4.98 Å². The number of H-pyrrole nitrogens is 1. The summed E-state index contributed by atoms with van der Waals surface area (Å²) in [5.74, 6) is -0.558. The van der Waals surface area contributed by atoms with Crippen LogP contribution in [0.4, 0.5) is 8.78 Å². The summed E-state index contributed by atoms with van der Waals surface area (Å²) in [6.45, 7) is 0.106. The van der Waals surface area contributed by atoms with Crippen molar-refractivity contribution in [3.63, 3.8) is 0 Å². The minimum atomic E-state index is -4.13. The van der Waals surface area contributed by atoms with Gasteiger partial charge in [-0.05, 0) is 49.4 Å². The molecule has 0 spiro atoms. The Hall–Kier alpha value is -3.04. The Morgan fingerprint density at radius 3 is 2.45 bits per heavy atom. The number of benzene rings is 2. The molecule has 4 N–H and O–H groups in total. The molecule has 2 aromatic carbocycles. The highest BCUT2D eigenvalue weighted by molar-refractivity contribution is 7.89. The number of phenolic OH excluding ortho intramolecular Hbond substituents is 1. The number of phenols is 1. The first kappa shape index (κ1) is 28.0. The van der Waals surface area contributed by atoms with Gasteiger partial charge in [-0.15, -0.1) is 0 Å². The summed E-state index contributed by atoms with van der Waals surface area (Å²) in [5.41, 5.74) is -3.80. The maximum atomic E-state index is 13.1. The fraction of sp³-hybridized carbons (Fsp3) is 0.318. The molecule has 0 radical (unpaired) electrons. The molecule has 1 aliphatic carbocycles. The molecule has 1 saturated carbocycles. The van der Waals surface area contributed by atoms with Gasteiger partial charge < -0.3 is 14.9 Å². The SMILES string of the molecule is O=c1[nH]c(=O)n(-c2cc(Cl)c(Oc3ccc(O)c(S(=O)(=O)NCC[C@H]4C[C@@H](O)C4)c3)c(Cl)c2)nc1C(F)F. The summed E-state index contributed by atoms with van der Waals surface area (Å²) >= 11 is 12.5. The molecule has 16 heteroatoms. The molecule has 0 atom stereocenters. The van der Waals surface area contributed by atoms with E-state index in [2.05, 4.69) is 9.82 Å². The Balaban J connectivity index is 1.58. The van der Waals surface area contributed by atoms with Crippen molar-refractivity contribution >= 4 is 33.2 Å². The molecule has 1 aliphatic rings. The molecule has 204 valence electrons. The number of aromatic amines is 1. The van der Waals surface area contributed by atoms with Gasteiger partial charge in [-0.2, -0.15) is 9.78 Å². The van der Waals surface area contributed by atoms with Crippen molar-refractivity contribution < 1.29 is 32.1 Å². The molecular weight excluding hydrogens is 573 g/mol. The monoisotopic (exact) mass is 592 g/mol. The minimum absolute atomic E-state index is 0.0684. The number of aliphatic hydroxyl groups is 1. The van der Waals surface area contributed by atoms with E-state index >= 15 is 0 Å². The van der Waals surface area contributed by atoms with Gasteiger partial charge in [0.1, 0.15) is 16.4 Å². The fourth-order valence-corrected chi connectivity index (χ4v) is 5.51. The quantitative estimate of drug-likeness (QED) is 0.294. The summed E-state index contributed by atoms with van der Waals surface area (Å²) in [4.78, 5) is 24.9. The summed E-state index contributed by atoms with van der Waals surface area (Å²) < 4.78 is 60.1. The third-order valence-corrected chi connectivity index (χ3v) is 7.84. The van der Waals surface area contributed by atoms with Gasteiger partial charge in [0.25, 0.3) is 12.0 Å². The van der Waals surface area contributed by atoms with Gasteiger partial charge in [0.15, 0.2) is 11.4 Å². The number of nitrogens with one attached hydrogen (secondary N) is 2. The topological polar surface area (TPSA) is 164 Å². The van der Waals surface area contributed by atoms with Crippen LogP contribution in [0.25, 0.3) is 5.69 Å². The van der Waals surface area contributed by atoms with Crippen LogP contribution in [0.2, 0.25) is 10.0 Å². The lowest BCUT2D eigenvalue weighted by Crippen LogP contribution is -2.34. The number of ether oxygens (including phenoxy) is 1. The number of hydrogen-bond acceptors (Lipinski definition) is 8. The number of rotatable bonds is 9. The van der Waals surface area contributed by atoms with Crippen LogP contribution in [0.15, 0.2) is 44.8 Å². The normalized spacial score (nSPS) is 17.4. The molecular formula is C22H20Cl2F2N4O7S. The van der Waals surface area contributed by atoms with Gasteiger partial charge in [0.05, 0.1) is 21.8 Å². The predicted octanol–water partition coefficient (Wildman–Crippen LogP) is 3.10. The molecule has 1 fully saturated rings. The number of aromatic hydroxyl groups is 1. The van der Waals surface area contributed by atoms with Gasteiger partial charge in [-0.25, -0.2) is 26.7 Å². The van der Waals surface area contributed by atoms with Crippen molar-refractivity contribution in [2.45, 2.75) is 36.7 Å². The Bertz CT molecular complexity index is 1570. The molecule has 0 amide bonds. The average Bonchev–Trinajstić information content (AvgIpc) is 2.80. The Kier molecular flexibility index (Phi) is 8.09. The van der Waals surface area contributed by atoms with Crippen LogP contribution >= 0.6 is 23.2 Å².